The van der Waals surface area contributed by atoms with Crippen molar-refractivity contribution in [2.24, 2.45) is 11.8 Å². The minimum atomic E-state index is -1.18. The van der Waals surface area contributed by atoms with Crippen LogP contribution in [0.1, 0.15) is 36.0 Å². The molecule has 3 rings (SSSR count). The van der Waals surface area contributed by atoms with Crippen molar-refractivity contribution in [1.82, 2.24) is 0 Å². The SMILES string of the molecule is O=C(O)c1ccc(Cl)cc1N1C(=O)C2CCCCC2C1=O. The van der Waals surface area contributed by atoms with Crippen LogP contribution in [0.3, 0.4) is 0 Å². The van der Waals surface area contributed by atoms with E-state index in [2.05, 4.69) is 0 Å². The molecular formula is C15H14ClNO4. The number of carbonyl (C=O) groups excluding carboxylic acids is 2. The summed E-state index contributed by atoms with van der Waals surface area (Å²) in [6.07, 6.45) is 3.23. The lowest BCUT2D eigenvalue weighted by atomic mass is 9.81. The molecular weight excluding hydrogens is 294 g/mol. The number of hydrogen-bond donors (Lipinski definition) is 1. The van der Waals surface area contributed by atoms with Gasteiger partial charge in [-0.25, -0.2) is 9.69 Å². The van der Waals surface area contributed by atoms with Crippen LogP contribution in [0.2, 0.25) is 5.02 Å². The summed E-state index contributed by atoms with van der Waals surface area (Å²) >= 11 is 5.91. The van der Waals surface area contributed by atoms with Gasteiger partial charge >= 0.3 is 5.97 Å². The van der Waals surface area contributed by atoms with Gasteiger partial charge in [-0.05, 0) is 31.0 Å². The van der Waals surface area contributed by atoms with E-state index in [9.17, 15) is 19.5 Å². The van der Waals surface area contributed by atoms with Crippen LogP contribution in [0, 0.1) is 11.8 Å². The number of carboxylic acids is 1. The van der Waals surface area contributed by atoms with Gasteiger partial charge in [0.05, 0.1) is 23.1 Å². The summed E-state index contributed by atoms with van der Waals surface area (Å²) in [5.74, 6) is -2.40. The summed E-state index contributed by atoms with van der Waals surface area (Å²) in [5.41, 5.74) is -0.000790. The Labute approximate surface area is 126 Å². The average Bonchev–Trinajstić information content (AvgIpc) is 2.71. The molecule has 1 saturated carbocycles. The van der Waals surface area contributed by atoms with Crippen LogP contribution in [0.15, 0.2) is 18.2 Å². The number of carboxylic acid groups (broad SMARTS) is 1. The topological polar surface area (TPSA) is 74.7 Å². The molecule has 1 aromatic carbocycles. The molecule has 21 heavy (non-hydrogen) atoms. The van der Waals surface area contributed by atoms with Crippen LogP contribution < -0.4 is 4.90 Å². The van der Waals surface area contributed by atoms with E-state index < -0.39 is 5.97 Å². The third-order valence-electron chi connectivity index (χ3n) is 4.27. The Morgan fingerprint density at radius 3 is 2.24 bits per heavy atom. The van der Waals surface area contributed by atoms with Crippen LogP contribution in [-0.2, 0) is 9.59 Å². The van der Waals surface area contributed by atoms with Gasteiger partial charge in [0.1, 0.15) is 0 Å². The molecule has 1 saturated heterocycles. The van der Waals surface area contributed by atoms with Crippen LogP contribution in [-0.4, -0.2) is 22.9 Å². The third-order valence-corrected chi connectivity index (χ3v) is 4.51. The monoisotopic (exact) mass is 307 g/mol. The van der Waals surface area contributed by atoms with Gasteiger partial charge in [0.15, 0.2) is 0 Å². The maximum absolute atomic E-state index is 12.5. The highest BCUT2D eigenvalue weighted by Gasteiger charge is 2.49. The molecule has 1 aromatic rings. The van der Waals surface area contributed by atoms with Crippen LogP contribution in [0.4, 0.5) is 5.69 Å². The standard InChI is InChI=1S/C15H14ClNO4/c16-8-5-6-11(15(20)21)12(7-8)17-13(18)9-3-1-2-4-10(9)14(17)19/h5-7,9-10H,1-4H2,(H,20,21). The summed E-state index contributed by atoms with van der Waals surface area (Å²) in [4.78, 5) is 37.4. The highest BCUT2D eigenvalue weighted by atomic mass is 35.5. The summed E-state index contributed by atoms with van der Waals surface area (Å²) < 4.78 is 0. The van der Waals surface area contributed by atoms with Gasteiger partial charge in [-0.3, -0.25) is 9.59 Å². The lowest BCUT2D eigenvalue weighted by Crippen LogP contribution is -2.32. The Kier molecular flexibility index (Phi) is 3.45. The first-order valence-electron chi connectivity index (χ1n) is 6.91. The van der Waals surface area contributed by atoms with Crippen molar-refractivity contribution < 1.29 is 19.5 Å². The molecule has 0 spiro atoms. The Balaban J connectivity index is 2.08. The molecule has 2 atom stereocenters. The summed E-state index contributed by atoms with van der Waals surface area (Å²) in [6.45, 7) is 0. The van der Waals surface area contributed by atoms with Crippen molar-refractivity contribution in [3.63, 3.8) is 0 Å². The fraction of sp³-hybridized carbons (Fsp3) is 0.400. The van der Waals surface area contributed by atoms with Crippen molar-refractivity contribution in [2.45, 2.75) is 25.7 Å². The van der Waals surface area contributed by atoms with E-state index in [1.54, 1.807) is 0 Å². The number of carbonyl (C=O) groups is 3. The van der Waals surface area contributed by atoms with Crippen molar-refractivity contribution in [3.8, 4) is 0 Å². The number of imide groups is 1. The molecule has 1 aliphatic heterocycles. The first kappa shape index (κ1) is 14.1. The quantitative estimate of drug-likeness (QED) is 0.852. The van der Waals surface area contributed by atoms with Crippen molar-refractivity contribution in [3.05, 3.63) is 28.8 Å². The van der Waals surface area contributed by atoms with E-state index in [0.29, 0.717) is 17.9 Å². The fourth-order valence-corrected chi connectivity index (χ4v) is 3.44. The Morgan fingerprint density at radius 1 is 1.14 bits per heavy atom. The predicted octanol–water partition coefficient (Wildman–Crippen LogP) is 2.72. The molecule has 5 nitrogen and oxygen atoms in total. The van der Waals surface area contributed by atoms with E-state index in [0.717, 1.165) is 17.7 Å². The van der Waals surface area contributed by atoms with Gasteiger partial charge in [-0.1, -0.05) is 24.4 Å². The van der Waals surface area contributed by atoms with E-state index in [-0.39, 0.29) is 34.9 Å². The molecule has 2 unspecified atom stereocenters. The number of nitrogens with zero attached hydrogens (tertiary/aromatic N) is 1. The largest absolute Gasteiger partial charge is 0.478 e. The van der Waals surface area contributed by atoms with Gasteiger partial charge in [-0.15, -0.1) is 0 Å². The van der Waals surface area contributed by atoms with Crippen LogP contribution in [0.25, 0.3) is 0 Å². The number of fused-ring (bicyclic) bond motifs is 1. The molecule has 2 fully saturated rings. The molecule has 0 bridgehead atoms. The smallest absolute Gasteiger partial charge is 0.337 e. The number of rotatable bonds is 2. The average molecular weight is 308 g/mol. The molecule has 1 aliphatic carbocycles. The molecule has 2 aliphatic rings. The van der Waals surface area contributed by atoms with Crippen molar-refractivity contribution in [2.75, 3.05) is 4.90 Å². The highest BCUT2D eigenvalue weighted by molar-refractivity contribution is 6.32. The molecule has 0 aromatic heterocycles. The van der Waals surface area contributed by atoms with Gasteiger partial charge in [-0.2, -0.15) is 0 Å². The van der Waals surface area contributed by atoms with Gasteiger partial charge in [0.25, 0.3) is 0 Å². The second-order valence-corrected chi connectivity index (χ2v) is 5.91. The first-order chi connectivity index (χ1) is 10.0. The number of benzene rings is 1. The lowest BCUT2D eigenvalue weighted by molar-refractivity contribution is -0.122. The molecule has 0 radical (unpaired) electrons. The predicted molar refractivity (Wildman–Crippen MR) is 76.4 cm³/mol. The Bertz CT molecular complexity index is 619. The van der Waals surface area contributed by atoms with E-state index in [4.69, 9.17) is 11.6 Å². The van der Waals surface area contributed by atoms with Crippen LogP contribution in [0.5, 0.6) is 0 Å². The van der Waals surface area contributed by atoms with Crippen LogP contribution >= 0.6 is 11.6 Å². The molecule has 2 amide bonds. The van der Waals surface area contributed by atoms with Crippen molar-refractivity contribution in [1.29, 1.82) is 0 Å². The minimum Gasteiger partial charge on any atom is -0.478 e. The zero-order valence-corrected chi connectivity index (χ0v) is 12.0. The van der Waals surface area contributed by atoms with Gasteiger partial charge in [0.2, 0.25) is 11.8 Å². The fourth-order valence-electron chi connectivity index (χ4n) is 3.27. The number of hydrogen-bond acceptors (Lipinski definition) is 3. The van der Waals surface area contributed by atoms with E-state index >= 15 is 0 Å². The maximum Gasteiger partial charge on any atom is 0.337 e. The summed E-state index contributed by atoms with van der Waals surface area (Å²) in [5, 5.41) is 9.55. The number of aromatic carboxylic acids is 1. The van der Waals surface area contributed by atoms with Gasteiger partial charge < -0.3 is 5.11 Å². The number of amides is 2. The third kappa shape index (κ3) is 2.21. The van der Waals surface area contributed by atoms with Crippen molar-refractivity contribution >= 4 is 35.1 Å². The molecule has 6 heteroatoms. The number of halogens is 1. The normalized spacial score (nSPS) is 25.1. The molecule has 1 heterocycles. The summed E-state index contributed by atoms with van der Waals surface area (Å²) in [7, 11) is 0. The molecule has 1 N–H and O–H groups in total. The zero-order valence-electron chi connectivity index (χ0n) is 11.2. The lowest BCUT2D eigenvalue weighted by Gasteiger charge is -2.19. The Morgan fingerprint density at radius 2 is 1.71 bits per heavy atom. The van der Waals surface area contributed by atoms with Gasteiger partial charge in [0, 0.05) is 5.02 Å². The highest BCUT2D eigenvalue weighted by Crippen LogP contribution is 2.41. The summed E-state index contributed by atoms with van der Waals surface area (Å²) in [6, 6.07) is 4.13. The second-order valence-electron chi connectivity index (χ2n) is 5.48. The second kappa shape index (κ2) is 5.15. The number of anilines is 1. The zero-order chi connectivity index (χ0) is 15.1. The minimum absolute atomic E-state index is 0.0828. The maximum atomic E-state index is 12.5. The van der Waals surface area contributed by atoms with E-state index in [1.165, 1.54) is 18.2 Å². The first-order valence-corrected chi connectivity index (χ1v) is 7.29. The Hall–Kier alpha value is -1.88. The van der Waals surface area contributed by atoms with E-state index in [1.807, 2.05) is 0 Å². The molecule has 110 valence electrons.